The van der Waals surface area contributed by atoms with Gasteiger partial charge in [-0.2, -0.15) is 0 Å². The van der Waals surface area contributed by atoms with Gasteiger partial charge in [0.1, 0.15) is 0 Å². The van der Waals surface area contributed by atoms with Crippen molar-refractivity contribution >= 4 is 11.3 Å². The van der Waals surface area contributed by atoms with Gasteiger partial charge in [-0.1, -0.05) is 13.0 Å². The molecule has 0 unspecified atom stereocenters. The van der Waals surface area contributed by atoms with Crippen LogP contribution in [0.2, 0.25) is 0 Å². The predicted molar refractivity (Wildman–Crippen MR) is 71.0 cm³/mol. The number of hydrogen-bond acceptors (Lipinski definition) is 4. The van der Waals surface area contributed by atoms with Gasteiger partial charge in [0.05, 0.1) is 16.4 Å². The highest BCUT2D eigenvalue weighted by Crippen LogP contribution is 2.09. The van der Waals surface area contributed by atoms with Crippen LogP contribution in [-0.2, 0) is 19.5 Å². The van der Waals surface area contributed by atoms with Crippen molar-refractivity contribution in [2.45, 2.75) is 33.4 Å². The van der Waals surface area contributed by atoms with Crippen LogP contribution in [0.15, 0.2) is 23.6 Å². The first-order valence-electron chi connectivity index (χ1n) is 5.84. The molecular formula is C13H17N3S. The molecule has 2 aromatic heterocycles. The smallest absolute Gasteiger partial charge is 0.0926 e. The summed E-state index contributed by atoms with van der Waals surface area (Å²) in [4.78, 5) is 8.96. The zero-order valence-corrected chi connectivity index (χ0v) is 11.0. The van der Waals surface area contributed by atoms with Gasteiger partial charge in [0.15, 0.2) is 0 Å². The van der Waals surface area contributed by atoms with Crippen LogP contribution in [0.1, 0.15) is 29.0 Å². The molecule has 2 rings (SSSR count). The fourth-order valence-corrected chi connectivity index (χ4v) is 2.35. The fraction of sp³-hybridized carbons (Fsp3) is 0.385. The zero-order valence-electron chi connectivity index (χ0n) is 10.2. The second-order valence-corrected chi connectivity index (χ2v) is 4.90. The van der Waals surface area contributed by atoms with E-state index in [1.54, 1.807) is 11.3 Å². The molecule has 0 aliphatic rings. The maximum absolute atomic E-state index is 4.51. The average Bonchev–Trinajstić information content (AvgIpc) is 2.77. The van der Waals surface area contributed by atoms with Crippen LogP contribution >= 0.6 is 11.3 Å². The summed E-state index contributed by atoms with van der Waals surface area (Å²) in [7, 11) is 0. The Bertz CT molecular complexity index is 479. The Kier molecular flexibility index (Phi) is 4.23. The normalized spacial score (nSPS) is 10.7. The lowest BCUT2D eigenvalue weighted by Gasteiger charge is -2.03. The maximum atomic E-state index is 4.51. The molecule has 0 amide bonds. The van der Waals surface area contributed by atoms with Gasteiger partial charge in [0.25, 0.3) is 0 Å². The SMILES string of the molecule is CCc1nc(CNCc2cccc(C)n2)cs1. The molecule has 0 saturated heterocycles. The summed E-state index contributed by atoms with van der Waals surface area (Å²) in [6, 6.07) is 6.09. The summed E-state index contributed by atoms with van der Waals surface area (Å²) in [6.45, 7) is 5.75. The van der Waals surface area contributed by atoms with Gasteiger partial charge < -0.3 is 5.32 Å². The molecule has 0 aliphatic heterocycles. The third kappa shape index (κ3) is 3.61. The molecule has 17 heavy (non-hydrogen) atoms. The molecule has 0 saturated carbocycles. The molecule has 0 fully saturated rings. The monoisotopic (exact) mass is 247 g/mol. The van der Waals surface area contributed by atoms with Gasteiger partial charge in [0.2, 0.25) is 0 Å². The molecule has 2 aromatic rings. The molecule has 3 nitrogen and oxygen atoms in total. The van der Waals surface area contributed by atoms with E-state index in [1.807, 2.05) is 25.1 Å². The minimum atomic E-state index is 0.792. The molecule has 0 bridgehead atoms. The van der Waals surface area contributed by atoms with Crippen molar-refractivity contribution in [2.24, 2.45) is 0 Å². The number of rotatable bonds is 5. The van der Waals surface area contributed by atoms with E-state index in [0.29, 0.717) is 0 Å². The van der Waals surface area contributed by atoms with Crippen molar-refractivity contribution in [3.63, 3.8) is 0 Å². The van der Waals surface area contributed by atoms with E-state index >= 15 is 0 Å². The second kappa shape index (κ2) is 5.89. The number of aryl methyl sites for hydroxylation is 2. The quantitative estimate of drug-likeness (QED) is 0.882. The average molecular weight is 247 g/mol. The minimum Gasteiger partial charge on any atom is -0.305 e. The molecule has 0 radical (unpaired) electrons. The summed E-state index contributed by atoms with van der Waals surface area (Å²) in [5.41, 5.74) is 3.27. The van der Waals surface area contributed by atoms with E-state index in [1.165, 1.54) is 5.01 Å². The highest BCUT2D eigenvalue weighted by molar-refractivity contribution is 7.09. The highest BCUT2D eigenvalue weighted by Gasteiger charge is 2.00. The summed E-state index contributed by atoms with van der Waals surface area (Å²) in [5, 5.41) is 6.69. The molecule has 0 aromatic carbocycles. The number of nitrogens with one attached hydrogen (secondary N) is 1. The molecule has 0 aliphatic carbocycles. The standard InChI is InChI=1S/C13H17N3S/c1-3-13-16-12(9-17-13)8-14-7-11-6-4-5-10(2)15-11/h4-6,9,14H,3,7-8H2,1-2H3. The van der Waals surface area contributed by atoms with Crippen molar-refractivity contribution < 1.29 is 0 Å². The second-order valence-electron chi connectivity index (χ2n) is 3.96. The third-order valence-electron chi connectivity index (χ3n) is 2.46. The van der Waals surface area contributed by atoms with Crippen molar-refractivity contribution in [3.05, 3.63) is 45.7 Å². The van der Waals surface area contributed by atoms with Crippen molar-refractivity contribution in [3.8, 4) is 0 Å². The Labute approximate surface area is 106 Å². The van der Waals surface area contributed by atoms with Gasteiger partial charge in [-0.05, 0) is 25.5 Å². The molecule has 90 valence electrons. The van der Waals surface area contributed by atoms with Crippen LogP contribution in [-0.4, -0.2) is 9.97 Å². The van der Waals surface area contributed by atoms with E-state index in [9.17, 15) is 0 Å². The van der Waals surface area contributed by atoms with Gasteiger partial charge in [-0.15, -0.1) is 11.3 Å². The summed E-state index contributed by atoms with van der Waals surface area (Å²) < 4.78 is 0. The van der Waals surface area contributed by atoms with Gasteiger partial charge in [-0.3, -0.25) is 4.98 Å². The molecule has 0 atom stereocenters. The molecule has 2 heterocycles. The largest absolute Gasteiger partial charge is 0.305 e. The van der Waals surface area contributed by atoms with E-state index in [-0.39, 0.29) is 0 Å². The van der Waals surface area contributed by atoms with Gasteiger partial charge in [-0.25, -0.2) is 4.98 Å². The number of nitrogens with zero attached hydrogens (tertiary/aromatic N) is 2. The van der Waals surface area contributed by atoms with Crippen LogP contribution in [0.25, 0.3) is 0 Å². The molecule has 0 spiro atoms. The first-order chi connectivity index (χ1) is 8.28. The van der Waals surface area contributed by atoms with E-state index < -0.39 is 0 Å². The number of thiazole rings is 1. The Balaban J connectivity index is 1.83. The fourth-order valence-electron chi connectivity index (χ4n) is 1.61. The maximum Gasteiger partial charge on any atom is 0.0926 e. The molecule has 4 heteroatoms. The first kappa shape index (κ1) is 12.2. The van der Waals surface area contributed by atoms with E-state index in [2.05, 4.69) is 27.6 Å². The zero-order chi connectivity index (χ0) is 12.1. The lowest BCUT2D eigenvalue weighted by Crippen LogP contribution is -2.14. The van der Waals surface area contributed by atoms with Crippen LogP contribution in [0, 0.1) is 6.92 Å². The number of aromatic nitrogens is 2. The van der Waals surface area contributed by atoms with Crippen molar-refractivity contribution in [2.75, 3.05) is 0 Å². The number of pyridine rings is 1. The Hall–Kier alpha value is -1.26. The van der Waals surface area contributed by atoms with Gasteiger partial charge in [0, 0.05) is 24.2 Å². The predicted octanol–water partition coefficient (Wildman–Crippen LogP) is 2.70. The summed E-state index contributed by atoms with van der Waals surface area (Å²) in [5.74, 6) is 0. The summed E-state index contributed by atoms with van der Waals surface area (Å²) in [6.07, 6.45) is 1.02. The van der Waals surface area contributed by atoms with Crippen LogP contribution in [0.5, 0.6) is 0 Å². The van der Waals surface area contributed by atoms with E-state index in [0.717, 1.165) is 36.6 Å². The van der Waals surface area contributed by atoms with Crippen molar-refractivity contribution in [1.29, 1.82) is 0 Å². The Morgan fingerprint density at radius 1 is 1.18 bits per heavy atom. The van der Waals surface area contributed by atoms with Crippen molar-refractivity contribution in [1.82, 2.24) is 15.3 Å². The van der Waals surface area contributed by atoms with Gasteiger partial charge >= 0.3 is 0 Å². The first-order valence-corrected chi connectivity index (χ1v) is 6.72. The molecule has 1 N–H and O–H groups in total. The van der Waals surface area contributed by atoms with Crippen LogP contribution in [0.4, 0.5) is 0 Å². The Morgan fingerprint density at radius 3 is 2.71 bits per heavy atom. The minimum absolute atomic E-state index is 0.792. The summed E-state index contributed by atoms with van der Waals surface area (Å²) >= 11 is 1.73. The lowest BCUT2D eigenvalue weighted by molar-refractivity contribution is 0.667. The third-order valence-corrected chi connectivity index (χ3v) is 3.50. The Morgan fingerprint density at radius 2 is 2.00 bits per heavy atom. The number of hydrogen-bond donors (Lipinski definition) is 1. The highest BCUT2D eigenvalue weighted by atomic mass is 32.1. The van der Waals surface area contributed by atoms with Crippen LogP contribution in [0.3, 0.4) is 0 Å². The topological polar surface area (TPSA) is 37.8 Å². The van der Waals surface area contributed by atoms with Crippen LogP contribution < -0.4 is 5.32 Å². The lowest BCUT2D eigenvalue weighted by atomic mass is 10.3. The molecular weight excluding hydrogens is 230 g/mol. The van der Waals surface area contributed by atoms with E-state index in [4.69, 9.17) is 0 Å².